The minimum absolute atomic E-state index is 0.385. The van der Waals surface area contributed by atoms with Crippen LogP contribution in [0, 0.1) is 0 Å². The molecule has 0 aromatic rings. The van der Waals surface area contributed by atoms with Crippen LogP contribution in [0.25, 0.3) is 0 Å². The summed E-state index contributed by atoms with van der Waals surface area (Å²) in [5.74, 6) is 0. The molecule has 0 rings (SSSR count). The Balaban J connectivity index is 3.54. The van der Waals surface area contributed by atoms with Gasteiger partial charge in [0.2, 0.25) is 0 Å². The second kappa shape index (κ2) is 5.47. The fraction of sp³-hybridized carbons (Fsp3) is 1.00. The van der Waals surface area contributed by atoms with E-state index < -0.39 is 21.4 Å². The maximum absolute atomic E-state index is 3.65. The molecular formula is C9H22InN. The molecule has 0 fully saturated rings. The van der Waals surface area contributed by atoms with Crippen LogP contribution in [0.2, 0.25) is 9.36 Å². The summed E-state index contributed by atoms with van der Waals surface area (Å²) in [7, 11) is 0. The molecule has 2 heteroatoms. The van der Waals surface area contributed by atoms with E-state index in [1.807, 2.05) is 0 Å². The van der Waals surface area contributed by atoms with Crippen LogP contribution in [-0.4, -0.2) is 31.3 Å². The molecule has 1 nitrogen and oxygen atoms in total. The molecule has 0 heterocycles. The summed E-state index contributed by atoms with van der Waals surface area (Å²) in [4.78, 5) is 0. The zero-order valence-corrected chi connectivity index (χ0v) is 12.0. The Hall–Kier alpha value is 0.830. The Bertz CT molecular complexity index is 99.7. The fourth-order valence-corrected chi connectivity index (χ4v) is 3.94. The molecule has 0 saturated carbocycles. The van der Waals surface area contributed by atoms with E-state index in [1.165, 1.54) is 17.1 Å². The molecule has 0 bridgehead atoms. The van der Waals surface area contributed by atoms with Crippen molar-refractivity contribution >= 4 is 21.4 Å². The molecule has 0 aliphatic carbocycles. The molecule has 0 amide bonds. The molecule has 0 aromatic carbocycles. The van der Waals surface area contributed by atoms with Crippen molar-refractivity contribution in [3.63, 3.8) is 0 Å². The van der Waals surface area contributed by atoms with Crippen LogP contribution in [0.1, 0.15) is 33.6 Å². The van der Waals surface area contributed by atoms with Crippen LogP contribution in [0.3, 0.4) is 0 Å². The van der Waals surface area contributed by atoms with Gasteiger partial charge in [-0.2, -0.15) is 0 Å². The maximum atomic E-state index is 3.65. The molecule has 0 aliphatic heterocycles. The second-order valence-electron chi connectivity index (χ2n) is 4.41. The van der Waals surface area contributed by atoms with E-state index in [9.17, 15) is 0 Å². The number of hydrogen-bond donors (Lipinski definition) is 1. The van der Waals surface area contributed by atoms with Crippen LogP contribution in [0.15, 0.2) is 0 Å². The molecule has 0 atom stereocenters. The third kappa shape index (κ3) is 7.20. The van der Waals surface area contributed by atoms with Gasteiger partial charge in [0.05, 0.1) is 0 Å². The van der Waals surface area contributed by atoms with E-state index >= 15 is 0 Å². The van der Waals surface area contributed by atoms with Gasteiger partial charge in [0.15, 0.2) is 0 Å². The fourth-order valence-electron chi connectivity index (χ4n) is 1.19. The van der Waals surface area contributed by atoms with Crippen LogP contribution in [0.4, 0.5) is 0 Å². The Morgan fingerprint density at radius 1 is 1.27 bits per heavy atom. The van der Waals surface area contributed by atoms with E-state index in [1.54, 1.807) is 0 Å². The predicted octanol–water partition coefficient (Wildman–Crippen LogP) is 2.45. The van der Waals surface area contributed by atoms with Crippen molar-refractivity contribution in [3.8, 4) is 0 Å². The van der Waals surface area contributed by atoms with E-state index in [4.69, 9.17) is 0 Å². The summed E-state index contributed by atoms with van der Waals surface area (Å²) in [5.41, 5.74) is 0.385. The molecule has 1 N–H and O–H groups in total. The van der Waals surface area contributed by atoms with Gasteiger partial charge in [-0.05, 0) is 0 Å². The second-order valence-corrected chi connectivity index (χ2v) is 13.5. The van der Waals surface area contributed by atoms with E-state index in [2.05, 4.69) is 35.4 Å². The predicted molar refractivity (Wildman–Crippen MR) is 54.5 cm³/mol. The summed E-state index contributed by atoms with van der Waals surface area (Å²) in [6, 6.07) is 0. The zero-order valence-electron chi connectivity index (χ0n) is 8.70. The molecule has 0 saturated heterocycles. The Kier molecular flexibility index (Phi) is 5.88. The molecular weight excluding hydrogens is 237 g/mol. The van der Waals surface area contributed by atoms with Crippen molar-refractivity contribution in [1.29, 1.82) is 0 Å². The standard InChI is InChI=1S/C7H16N.2CH3.In/c1-5-6-7(2,3)8-4;;;/h8H,4-6H2,1-3H3;2*1H3;. The van der Waals surface area contributed by atoms with Gasteiger partial charge in [-0.3, -0.25) is 0 Å². The van der Waals surface area contributed by atoms with Gasteiger partial charge in [0, 0.05) is 0 Å². The summed E-state index contributed by atoms with van der Waals surface area (Å²) in [5, 5.41) is 3.65. The van der Waals surface area contributed by atoms with Crippen molar-refractivity contribution in [1.82, 2.24) is 5.32 Å². The Labute approximate surface area is 79.5 Å². The van der Waals surface area contributed by atoms with Crippen LogP contribution >= 0.6 is 0 Å². The minimum atomic E-state index is -1.00. The van der Waals surface area contributed by atoms with Crippen molar-refractivity contribution in [2.24, 2.45) is 0 Å². The SMILES string of the molecule is CCCC(C)(C)N[CH2][In]([CH3])[CH3]. The van der Waals surface area contributed by atoms with E-state index in [0.29, 0.717) is 5.54 Å². The van der Waals surface area contributed by atoms with Gasteiger partial charge in [0.25, 0.3) is 0 Å². The average Bonchev–Trinajstić information content (AvgIpc) is 1.84. The number of nitrogens with one attached hydrogen (secondary N) is 1. The van der Waals surface area contributed by atoms with Crippen molar-refractivity contribution < 1.29 is 0 Å². The molecule has 0 aliphatic rings. The quantitative estimate of drug-likeness (QED) is 0.799. The monoisotopic (exact) mass is 259 g/mol. The Morgan fingerprint density at radius 3 is 2.18 bits per heavy atom. The van der Waals surface area contributed by atoms with Gasteiger partial charge in [-0.25, -0.2) is 0 Å². The molecule has 66 valence electrons. The van der Waals surface area contributed by atoms with Crippen LogP contribution in [-0.2, 0) is 0 Å². The molecule has 0 aromatic heterocycles. The third-order valence-electron chi connectivity index (χ3n) is 1.86. The van der Waals surface area contributed by atoms with Gasteiger partial charge >= 0.3 is 79.6 Å². The zero-order chi connectivity index (χ0) is 8.91. The molecule has 0 radical (unpaired) electrons. The van der Waals surface area contributed by atoms with E-state index in [0.717, 1.165) is 0 Å². The third-order valence-corrected chi connectivity index (χ3v) is 4.78. The van der Waals surface area contributed by atoms with Gasteiger partial charge in [-0.15, -0.1) is 0 Å². The van der Waals surface area contributed by atoms with Gasteiger partial charge in [-0.1, -0.05) is 0 Å². The number of hydrogen-bond acceptors (Lipinski definition) is 1. The summed E-state index contributed by atoms with van der Waals surface area (Å²) >= 11 is -1.00. The van der Waals surface area contributed by atoms with Crippen molar-refractivity contribution in [2.45, 2.75) is 48.5 Å². The topological polar surface area (TPSA) is 12.0 Å². The molecule has 0 unspecified atom stereocenters. The normalized spacial score (nSPS) is 11.7. The van der Waals surface area contributed by atoms with Gasteiger partial charge < -0.3 is 0 Å². The first kappa shape index (κ1) is 11.8. The van der Waals surface area contributed by atoms with Crippen LogP contribution in [0.5, 0.6) is 0 Å². The molecule has 11 heavy (non-hydrogen) atoms. The van der Waals surface area contributed by atoms with E-state index in [-0.39, 0.29) is 0 Å². The first-order valence-corrected chi connectivity index (χ1v) is 13.6. The van der Waals surface area contributed by atoms with Crippen molar-refractivity contribution in [3.05, 3.63) is 0 Å². The summed E-state index contributed by atoms with van der Waals surface area (Å²) in [6.07, 6.45) is 2.58. The van der Waals surface area contributed by atoms with Crippen molar-refractivity contribution in [2.75, 3.05) is 4.30 Å². The summed E-state index contributed by atoms with van der Waals surface area (Å²) in [6.45, 7) is 6.87. The Morgan fingerprint density at radius 2 is 1.82 bits per heavy atom. The first-order chi connectivity index (χ1) is 4.98. The van der Waals surface area contributed by atoms with Crippen LogP contribution < -0.4 is 5.32 Å². The first-order valence-electron chi connectivity index (χ1n) is 4.73. The summed E-state index contributed by atoms with van der Waals surface area (Å²) < 4.78 is 6.25. The average molecular weight is 259 g/mol. The molecule has 0 spiro atoms. The van der Waals surface area contributed by atoms with Gasteiger partial charge in [0.1, 0.15) is 0 Å². The number of rotatable bonds is 5.